The van der Waals surface area contributed by atoms with E-state index < -0.39 is 0 Å². The number of hydrogen-bond acceptors (Lipinski definition) is 0. The van der Waals surface area contributed by atoms with E-state index in [1.165, 1.54) is 22.3 Å². The van der Waals surface area contributed by atoms with Crippen molar-refractivity contribution in [3.05, 3.63) is 70.8 Å². The van der Waals surface area contributed by atoms with Crippen LogP contribution in [0.4, 0.5) is 0 Å². The van der Waals surface area contributed by atoms with Gasteiger partial charge in [-0.05, 0) is 36.0 Å². The van der Waals surface area contributed by atoms with Crippen molar-refractivity contribution in [3.63, 3.8) is 0 Å². The first kappa shape index (κ1) is 14.8. The number of benzene rings is 2. The largest absolute Gasteiger partial charge is 0.0625 e. The molecular formula is C20H26. The molecule has 0 atom stereocenters. The van der Waals surface area contributed by atoms with E-state index >= 15 is 0 Å². The molecular weight excluding hydrogens is 240 g/mol. The fourth-order valence-corrected chi connectivity index (χ4v) is 2.67. The highest BCUT2D eigenvalue weighted by atomic mass is 14.3. The predicted molar refractivity (Wildman–Crippen MR) is 88.3 cm³/mol. The van der Waals surface area contributed by atoms with Crippen LogP contribution in [0.1, 0.15) is 49.9 Å². The monoisotopic (exact) mass is 266 g/mol. The molecule has 2 aromatic carbocycles. The molecule has 0 saturated carbocycles. The van der Waals surface area contributed by atoms with Crippen molar-refractivity contribution in [2.45, 2.75) is 46.5 Å². The molecule has 0 fully saturated rings. The molecule has 0 N–H and O–H groups in total. The van der Waals surface area contributed by atoms with Crippen LogP contribution in [-0.4, -0.2) is 0 Å². The van der Waals surface area contributed by atoms with E-state index in [1.807, 2.05) is 0 Å². The molecule has 0 heteroatoms. The molecule has 0 aliphatic heterocycles. The Morgan fingerprint density at radius 1 is 0.800 bits per heavy atom. The molecule has 2 aromatic rings. The highest BCUT2D eigenvalue weighted by molar-refractivity contribution is 5.39. The molecule has 0 nitrogen and oxygen atoms in total. The number of rotatable bonds is 4. The predicted octanol–water partition coefficient (Wildman–Crippen LogP) is 5.52. The number of aryl methyl sites for hydroxylation is 1. The summed E-state index contributed by atoms with van der Waals surface area (Å²) >= 11 is 0. The first-order chi connectivity index (χ1) is 9.39. The second kappa shape index (κ2) is 5.83. The lowest BCUT2D eigenvalue weighted by Crippen LogP contribution is -2.18. The Hall–Kier alpha value is -1.56. The van der Waals surface area contributed by atoms with Gasteiger partial charge in [0.15, 0.2) is 0 Å². The molecule has 0 bridgehead atoms. The topological polar surface area (TPSA) is 0 Å². The van der Waals surface area contributed by atoms with E-state index in [4.69, 9.17) is 0 Å². The van der Waals surface area contributed by atoms with E-state index in [1.54, 1.807) is 0 Å². The Morgan fingerprint density at radius 2 is 1.25 bits per heavy atom. The summed E-state index contributed by atoms with van der Waals surface area (Å²) in [5.74, 6) is 0.714. The van der Waals surface area contributed by atoms with Gasteiger partial charge in [0.1, 0.15) is 0 Å². The summed E-state index contributed by atoms with van der Waals surface area (Å²) in [7, 11) is 0. The van der Waals surface area contributed by atoms with E-state index in [2.05, 4.69) is 83.1 Å². The summed E-state index contributed by atoms with van der Waals surface area (Å²) < 4.78 is 0. The van der Waals surface area contributed by atoms with Crippen molar-refractivity contribution in [2.24, 2.45) is 5.92 Å². The maximum absolute atomic E-state index is 2.30. The molecule has 0 heterocycles. The van der Waals surface area contributed by atoms with Crippen molar-refractivity contribution in [1.29, 1.82) is 0 Å². The zero-order valence-corrected chi connectivity index (χ0v) is 13.4. The average Bonchev–Trinajstić information content (AvgIpc) is 2.39. The molecule has 0 aliphatic rings. The highest BCUT2D eigenvalue weighted by Crippen LogP contribution is 2.31. The maximum Gasteiger partial charge on any atom is 0.0146 e. The minimum absolute atomic E-state index is 0.0596. The molecule has 0 spiro atoms. The van der Waals surface area contributed by atoms with Crippen molar-refractivity contribution >= 4 is 0 Å². The summed E-state index contributed by atoms with van der Waals surface area (Å²) in [6.45, 7) is 11.3. The van der Waals surface area contributed by atoms with E-state index in [-0.39, 0.29) is 5.41 Å². The van der Waals surface area contributed by atoms with Gasteiger partial charge < -0.3 is 0 Å². The molecule has 0 aliphatic carbocycles. The lowest BCUT2D eigenvalue weighted by atomic mass is 9.77. The smallest absolute Gasteiger partial charge is 0.0146 e. The van der Waals surface area contributed by atoms with Gasteiger partial charge in [0.25, 0.3) is 0 Å². The Bertz CT molecular complexity index is 542. The summed E-state index contributed by atoms with van der Waals surface area (Å²) in [6.07, 6.45) is 1.16. The lowest BCUT2D eigenvalue weighted by Gasteiger charge is -2.26. The van der Waals surface area contributed by atoms with Crippen LogP contribution < -0.4 is 0 Å². The van der Waals surface area contributed by atoms with Crippen LogP contribution in [-0.2, 0) is 11.8 Å². The second-order valence-electron chi connectivity index (χ2n) is 6.79. The van der Waals surface area contributed by atoms with Gasteiger partial charge in [0.05, 0.1) is 0 Å². The van der Waals surface area contributed by atoms with Gasteiger partial charge in [-0.2, -0.15) is 0 Å². The zero-order valence-electron chi connectivity index (χ0n) is 13.4. The van der Waals surface area contributed by atoms with Gasteiger partial charge in [0.2, 0.25) is 0 Å². The fourth-order valence-electron chi connectivity index (χ4n) is 2.67. The van der Waals surface area contributed by atoms with Crippen molar-refractivity contribution in [3.8, 4) is 0 Å². The summed E-state index contributed by atoms with van der Waals surface area (Å²) in [5.41, 5.74) is 5.57. The van der Waals surface area contributed by atoms with Crippen LogP contribution in [0.3, 0.4) is 0 Å². The normalized spacial score (nSPS) is 11.9. The summed E-state index contributed by atoms with van der Waals surface area (Å²) in [5, 5.41) is 0. The van der Waals surface area contributed by atoms with E-state index in [9.17, 15) is 0 Å². The first-order valence-corrected chi connectivity index (χ1v) is 7.56. The Kier molecular flexibility index (Phi) is 4.32. The Balaban J connectivity index is 2.27. The third kappa shape index (κ3) is 3.30. The van der Waals surface area contributed by atoms with Gasteiger partial charge in [-0.15, -0.1) is 0 Å². The second-order valence-corrected chi connectivity index (χ2v) is 6.79. The Morgan fingerprint density at radius 3 is 1.70 bits per heavy atom. The van der Waals surface area contributed by atoms with Gasteiger partial charge in [0, 0.05) is 5.41 Å². The Labute approximate surface area is 123 Å². The highest BCUT2D eigenvalue weighted by Gasteiger charge is 2.22. The molecule has 106 valence electrons. The molecule has 0 saturated heterocycles. The molecule has 20 heavy (non-hydrogen) atoms. The zero-order chi connectivity index (χ0) is 14.8. The first-order valence-electron chi connectivity index (χ1n) is 7.56. The summed E-state index contributed by atoms with van der Waals surface area (Å²) in [6, 6.07) is 18.0. The molecule has 0 aromatic heterocycles. The average molecular weight is 266 g/mol. The van der Waals surface area contributed by atoms with Gasteiger partial charge in [-0.3, -0.25) is 0 Å². The van der Waals surface area contributed by atoms with Gasteiger partial charge in [-0.1, -0.05) is 81.8 Å². The third-order valence-electron chi connectivity index (χ3n) is 4.09. The number of hydrogen-bond donors (Lipinski definition) is 0. The third-order valence-corrected chi connectivity index (χ3v) is 4.09. The maximum atomic E-state index is 2.30. The molecule has 2 rings (SSSR count). The summed E-state index contributed by atoms with van der Waals surface area (Å²) in [4.78, 5) is 0. The van der Waals surface area contributed by atoms with Crippen LogP contribution in [0, 0.1) is 12.8 Å². The van der Waals surface area contributed by atoms with Crippen LogP contribution in [0.5, 0.6) is 0 Å². The van der Waals surface area contributed by atoms with Crippen LogP contribution >= 0.6 is 0 Å². The van der Waals surface area contributed by atoms with Crippen LogP contribution in [0.2, 0.25) is 0 Å². The SMILES string of the molecule is Cc1ccc(C(C)(C)c2ccc(CC(C)C)cc2)cc1. The minimum atomic E-state index is 0.0596. The van der Waals surface area contributed by atoms with E-state index in [0.717, 1.165) is 6.42 Å². The molecule has 0 radical (unpaired) electrons. The van der Waals surface area contributed by atoms with Crippen LogP contribution in [0.25, 0.3) is 0 Å². The van der Waals surface area contributed by atoms with Crippen LogP contribution in [0.15, 0.2) is 48.5 Å². The van der Waals surface area contributed by atoms with E-state index in [0.29, 0.717) is 5.92 Å². The van der Waals surface area contributed by atoms with Crippen molar-refractivity contribution in [2.75, 3.05) is 0 Å². The lowest BCUT2D eigenvalue weighted by molar-refractivity contribution is 0.633. The minimum Gasteiger partial charge on any atom is -0.0625 e. The molecule has 0 amide bonds. The van der Waals surface area contributed by atoms with Crippen molar-refractivity contribution in [1.82, 2.24) is 0 Å². The molecule has 0 unspecified atom stereocenters. The fraction of sp³-hybridized carbons (Fsp3) is 0.400. The standard InChI is InChI=1S/C20H26/c1-15(2)14-17-8-12-19(13-9-17)20(4,5)18-10-6-16(3)7-11-18/h6-13,15H,14H2,1-5H3. The van der Waals surface area contributed by atoms with Gasteiger partial charge in [-0.25, -0.2) is 0 Å². The van der Waals surface area contributed by atoms with Gasteiger partial charge >= 0.3 is 0 Å². The van der Waals surface area contributed by atoms with Crippen molar-refractivity contribution < 1.29 is 0 Å². The quantitative estimate of drug-likeness (QED) is 0.683.